The van der Waals surface area contributed by atoms with E-state index >= 15 is 0 Å². The highest BCUT2D eigenvalue weighted by Crippen LogP contribution is 2.21. The van der Waals surface area contributed by atoms with Gasteiger partial charge in [-0.15, -0.1) is 0 Å². The van der Waals surface area contributed by atoms with Crippen LogP contribution in [0.1, 0.15) is 27.9 Å². The molecule has 0 saturated carbocycles. The number of rotatable bonds is 3. The van der Waals surface area contributed by atoms with Gasteiger partial charge in [0.05, 0.1) is 12.1 Å². The molecule has 22 heavy (non-hydrogen) atoms. The number of thiocarbonyl (C=S) groups is 1. The van der Waals surface area contributed by atoms with E-state index in [2.05, 4.69) is 15.8 Å². The number of hydrogen-bond acceptors (Lipinski definition) is 3. The van der Waals surface area contributed by atoms with Gasteiger partial charge in [-0.05, 0) is 17.8 Å². The van der Waals surface area contributed by atoms with Gasteiger partial charge in [0.2, 0.25) is 0 Å². The molecular formula is C17H15N3OS. The lowest BCUT2D eigenvalue weighted by Crippen LogP contribution is -2.32. The minimum Gasteiger partial charge on any atom is -0.357 e. The fraction of sp³-hybridized carbons (Fsp3) is 0.118. The van der Waals surface area contributed by atoms with Crippen molar-refractivity contribution in [2.24, 2.45) is 5.10 Å². The Morgan fingerprint density at radius 1 is 1.05 bits per heavy atom. The molecule has 2 aromatic rings. The van der Waals surface area contributed by atoms with E-state index in [4.69, 9.17) is 12.2 Å². The second-order valence-electron chi connectivity index (χ2n) is 4.98. The summed E-state index contributed by atoms with van der Waals surface area (Å²) in [5.74, 6) is 0.0966. The molecule has 0 saturated heterocycles. The molecule has 1 aliphatic carbocycles. The minimum absolute atomic E-state index is 0.0966. The summed E-state index contributed by atoms with van der Waals surface area (Å²) in [7, 11) is 0. The van der Waals surface area contributed by atoms with Gasteiger partial charge in [-0.2, -0.15) is 5.10 Å². The lowest BCUT2D eigenvalue weighted by atomic mass is 10.1. The summed E-state index contributed by atoms with van der Waals surface area (Å²) >= 11 is 5.20. The molecule has 0 fully saturated rings. The van der Waals surface area contributed by atoms with Crippen LogP contribution in [0.4, 0.5) is 0 Å². The zero-order valence-corrected chi connectivity index (χ0v) is 12.7. The Labute approximate surface area is 134 Å². The monoisotopic (exact) mass is 309 g/mol. The average molecular weight is 309 g/mol. The molecule has 5 heteroatoms. The highest BCUT2D eigenvalue weighted by atomic mass is 32.1. The maximum atomic E-state index is 11.9. The minimum atomic E-state index is 0.0966. The summed E-state index contributed by atoms with van der Waals surface area (Å²) < 4.78 is 0. The number of benzene rings is 2. The first kappa shape index (κ1) is 14.4. The first-order valence-electron chi connectivity index (χ1n) is 7.01. The van der Waals surface area contributed by atoms with Gasteiger partial charge in [0.1, 0.15) is 0 Å². The Morgan fingerprint density at radius 2 is 1.73 bits per heavy atom. The molecule has 2 N–H and O–H groups in total. The largest absolute Gasteiger partial charge is 0.357 e. The highest BCUT2D eigenvalue weighted by molar-refractivity contribution is 7.80. The number of nitrogens with zero attached hydrogens (tertiary/aromatic N) is 1. The van der Waals surface area contributed by atoms with Gasteiger partial charge in [-0.25, -0.2) is 0 Å². The van der Waals surface area contributed by atoms with Crippen molar-refractivity contribution in [3.63, 3.8) is 0 Å². The van der Waals surface area contributed by atoms with Crippen LogP contribution in [0.3, 0.4) is 0 Å². The van der Waals surface area contributed by atoms with E-state index in [0.29, 0.717) is 18.1 Å². The van der Waals surface area contributed by atoms with Crippen molar-refractivity contribution < 1.29 is 4.79 Å². The second-order valence-corrected chi connectivity index (χ2v) is 5.39. The van der Waals surface area contributed by atoms with Crippen LogP contribution in [0.5, 0.6) is 0 Å². The molecule has 3 rings (SSSR count). The number of carbonyl (C=O) groups excluding carboxylic acids is 1. The van der Waals surface area contributed by atoms with Gasteiger partial charge in [-0.3, -0.25) is 10.2 Å². The molecule has 2 aromatic carbocycles. The summed E-state index contributed by atoms with van der Waals surface area (Å²) in [6.07, 6.45) is 0.313. The van der Waals surface area contributed by atoms with Crippen LogP contribution in [0, 0.1) is 0 Å². The van der Waals surface area contributed by atoms with Crippen LogP contribution < -0.4 is 10.7 Å². The molecule has 0 unspecified atom stereocenters. The van der Waals surface area contributed by atoms with Gasteiger partial charge in [0.25, 0.3) is 0 Å². The van der Waals surface area contributed by atoms with E-state index in [1.807, 2.05) is 54.6 Å². The van der Waals surface area contributed by atoms with Gasteiger partial charge in [0.15, 0.2) is 10.9 Å². The molecule has 0 spiro atoms. The maximum absolute atomic E-state index is 11.9. The normalized spacial score (nSPS) is 14.7. The van der Waals surface area contributed by atoms with Crippen molar-refractivity contribution in [3.8, 4) is 0 Å². The van der Waals surface area contributed by atoms with Crippen LogP contribution in [-0.2, 0) is 6.54 Å². The van der Waals surface area contributed by atoms with Crippen molar-refractivity contribution in [2.75, 3.05) is 0 Å². The number of ketones is 1. The van der Waals surface area contributed by atoms with Crippen LogP contribution in [0.2, 0.25) is 0 Å². The zero-order valence-electron chi connectivity index (χ0n) is 11.9. The summed E-state index contributed by atoms with van der Waals surface area (Å²) in [4.78, 5) is 11.9. The van der Waals surface area contributed by atoms with E-state index in [1.54, 1.807) is 0 Å². The first-order valence-corrected chi connectivity index (χ1v) is 7.42. The van der Waals surface area contributed by atoms with E-state index in [-0.39, 0.29) is 5.78 Å². The van der Waals surface area contributed by atoms with Gasteiger partial charge in [0, 0.05) is 17.7 Å². The number of hydrazone groups is 1. The van der Waals surface area contributed by atoms with Crippen LogP contribution >= 0.6 is 12.2 Å². The number of hydrogen-bond donors (Lipinski definition) is 2. The fourth-order valence-electron chi connectivity index (χ4n) is 2.36. The third kappa shape index (κ3) is 3.20. The van der Waals surface area contributed by atoms with Crippen molar-refractivity contribution in [1.29, 1.82) is 0 Å². The molecule has 4 nitrogen and oxygen atoms in total. The van der Waals surface area contributed by atoms with E-state index < -0.39 is 0 Å². The van der Waals surface area contributed by atoms with Gasteiger partial charge < -0.3 is 5.32 Å². The van der Waals surface area contributed by atoms with Crippen LogP contribution in [0.25, 0.3) is 0 Å². The number of nitrogens with one attached hydrogen (secondary N) is 2. The smallest absolute Gasteiger partial charge is 0.187 e. The summed E-state index contributed by atoms with van der Waals surface area (Å²) in [6.45, 7) is 0.632. The Hall–Kier alpha value is -2.53. The summed E-state index contributed by atoms with van der Waals surface area (Å²) in [5, 5.41) is 7.79. The molecule has 1 aliphatic rings. The molecule has 0 radical (unpaired) electrons. The maximum Gasteiger partial charge on any atom is 0.187 e. The topological polar surface area (TPSA) is 53.5 Å². The van der Waals surface area contributed by atoms with Crippen molar-refractivity contribution in [1.82, 2.24) is 10.7 Å². The van der Waals surface area contributed by atoms with Crippen molar-refractivity contribution in [3.05, 3.63) is 71.3 Å². The Balaban J connectivity index is 1.60. The zero-order chi connectivity index (χ0) is 15.4. The highest BCUT2D eigenvalue weighted by Gasteiger charge is 2.24. The quantitative estimate of drug-likeness (QED) is 0.676. The van der Waals surface area contributed by atoms with Crippen molar-refractivity contribution in [2.45, 2.75) is 13.0 Å². The molecule has 0 heterocycles. The lowest BCUT2D eigenvalue weighted by molar-refractivity contribution is 0.101. The molecule has 0 atom stereocenters. The van der Waals surface area contributed by atoms with Crippen LogP contribution in [0.15, 0.2) is 59.7 Å². The predicted molar refractivity (Wildman–Crippen MR) is 90.9 cm³/mol. The molecule has 0 bridgehead atoms. The lowest BCUT2D eigenvalue weighted by Gasteiger charge is -2.07. The average Bonchev–Trinajstić information content (AvgIpc) is 2.89. The number of fused-ring (bicyclic) bond motifs is 1. The first-order chi connectivity index (χ1) is 10.7. The number of carbonyl (C=O) groups is 1. The Bertz CT molecular complexity index is 741. The molecule has 0 aromatic heterocycles. The Morgan fingerprint density at radius 3 is 2.50 bits per heavy atom. The van der Waals surface area contributed by atoms with E-state index in [0.717, 1.165) is 22.4 Å². The van der Waals surface area contributed by atoms with Crippen LogP contribution in [-0.4, -0.2) is 16.6 Å². The molecule has 110 valence electrons. The van der Waals surface area contributed by atoms with E-state index in [9.17, 15) is 4.79 Å². The fourth-order valence-corrected chi connectivity index (χ4v) is 2.47. The van der Waals surface area contributed by atoms with Crippen molar-refractivity contribution >= 4 is 28.8 Å². The summed E-state index contributed by atoms with van der Waals surface area (Å²) in [6, 6.07) is 17.5. The SMILES string of the molecule is O=C1C/C(=N\NC(=S)NCc2ccccc2)c2ccccc21. The summed E-state index contributed by atoms with van der Waals surface area (Å²) in [5.41, 5.74) is 6.29. The molecular weight excluding hydrogens is 294 g/mol. The van der Waals surface area contributed by atoms with Gasteiger partial charge in [-0.1, -0.05) is 54.6 Å². The van der Waals surface area contributed by atoms with E-state index in [1.165, 1.54) is 0 Å². The Kier molecular flexibility index (Phi) is 4.25. The standard InChI is InChI=1S/C17H15N3OS/c21-16-10-15(13-8-4-5-9-14(13)16)19-20-17(22)18-11-12-6-2-1-3-7-12/h1-9H,10-11H2,(H2,18,20,22)/b19-15+. The second kappa shape index (κ2) is 6.49. The number of Topliss-reactive ketones (excluding diaryl/α,β-unsaturated/α-hetero) is 1. The molecule has 0 amide bonds. The third-order valence-electron chi connectivity index (χ3n) is 3.45. The predicted octanol–water partition coefficient (Wildman–Crippen LogP) is 2.64. The third-order valence-corrected chi connectivity index (χ3v) is 3.69. The molecule has 0 aliphatic heterocycles. The van der Waals surface area contributed by atoms with Gasteiger partial charge >= 0.3 is 0 Å².